The second-order valence-electron chi connectivity index (χ2n) is 4.35. The zero-order valence-corrected chi connectivity index (χ0v) is 14.4. The Morgan fingerprint density at radius 3 is 1.83 bits per heavy atom. The van der Waals surface area contributed by atoms with Crippen molar-refractivity contribution in [2.45, 2.75) is 12.8 Å². The van der Waals surface area contributed by atoms with Gasteiger partial charge in [0.2, 0.25) is 0 Å². The highest BCUT2D eigenvalue weighted by atomic mass is 35.5. The van der Waals surface area contributed by atoms with Crippen molar-refractivity contribution in [1.29, 1.82) is 5.26 Å². The molecule has 0 saturated carbocycles. The minimum Gasteiger partial charge on any atom is -0.330 e. The lowest BCUT2D eigenvalue weighted by atomic mass is 10.1. The van der Waals surface area contributed by atoms with E-state index in [0.29, 0.717) is 34.1 Å². The molecule has 0 unspecified atom stereocenters. The zero-order chi connectivity index (χ0) is 16.5. The molecule has 0 atom stereocenters. The minimum absolute atomic E-state index is 0. The number of nitrogens with zero attached hydrogens (tertiary/aromatic N) is 1. The first-order valence-corrected chi connectivity index (χ1v) is 7.18. The Kier molecular flexibility index (Phi) is 10.5. The molecule has 23 heavy (non-hydrogen) atoms. The number of benzene rings is 2. The van der Waals surface area contributed by atoms with Gasteiger partial charge in [-0.15, -0.1) is 12.4 Å². The van der Waals surface area contributed by atoms with Gasteiger partial charge in [0.25, 0.3) is 0 Å². The molecule has 0 aliphatic heterocycles. The Morgan fingerprint density at radius 2 is 1.43 bits per heavy atom. The summed E-state index contributed by atoms with van der Waals surface area (Å²) in [5.41, 5.74) is 6.28. The Morgan fingerprint density at radius 1 is 0.957 bits per heavy atom. The van der Waals surface area contributed by atoms with E-state index in [9.17, 15) is 8.78 Å². The summed E-state index contributed by atoms with van der Waals surface area (Å²) in [7, 11) is 0. The van der Waals surface area contributed by atoms with Crippen molar-refractivity contribution in [3.8, 4) is 6.07 Å². The van der Waals surface area contributed by atoms with Gasteiger partial charge >= 0.3 is 0 Å². The highest BCUT2D eigenvalue weighted by Gasteiger charge is 2.01. The average molecular weight is 380 g/mol. The largest absolute Gasteiger partial charge is 0.330 e. The maximum atomic E-state index is 12.9. The smallest absolute Gasteiger partial charge is 0.128 e. The summed E-state index contributed by atoms with van der Waals surface area (Å²) in [6, 6.07) is 10.8. The fraction of sp³-hybridized carbons (Fsp3) is 0.188. The maximum Gasteiger partial charge on any atom is 0.128 e. The van der Waals surface area contributed by atoms with Crippen molar-refractivity contribution in [1.82, 2.24) is 0 Å². The predicted molar refractivity (Wildman–Crippen MR) is 92.1 cm³/mol. The summed E-state index contributed by atoms with van der Waals surface area (Å²) < 4.78 is 25.7. The van der Waals surface area contributed by atoms with Crippen LogP contribution in [0.15, 0.2) is 36.4 Å². The molecule has 0 amide bonds. The van der Waals surface area contributed by atoms with E-state index in [-0.39, 0.29) is 24.6 Å². The number of rotatable bonds is 3. The molecule has 0 heterocycles. The van der Waals surface area contributed by atoms with Gasteiger partial charge in [0, 0.05) is 15.6 Å². The lowest BCUT2D eigenvalue weighted by Gasteiger charge is -1.99. The number of nitriles is 1. The Bertz CT molecular complexity index is 673. The van der Waals surface area contributed by atoms with Crippen LogP contribution >= 0.6 is 35.6 Å². The van der Waals surface area contributed by atoms with E-state index in [0.717, 1.165) is 0 Å². The topological polar surface area (TPSA) is 49.8 Å². The van der Waals surface area contributed by atoms with Gasteiger partial charge in [-0.25, -0.2) is 8.78 Å². The molecule has 7 heteroatoms. The summed E-state index contributed by atoms with van der Waals surface area (Å²) in [5, 5.41) is 9.03. The quantitative estimate of drug-likeness (QED) is 0.820. The second kappa shape index (κ2) is 11.2. The molecule has 2 nitrogen and oxygen atoms in total. The number of nitrogens with two attached hydrogens (primary N) is 1. The Balaban J connectivity index is 0.000000403. The van der Waals surface area contributed by atoms with E-state index in [1.807, 2.05) is 6.07 Å². The van der Waals surface area contributed by atoms with Gasteiger partial charge in [0.15, 0.2) is 0 Å². The molecule has 0 spiro atoms. The van der Waals surface area contributed by atoms with Crippen molar-refractivity contribution in [3.63, 3.8) is 0 Å². The van der Waals surface area contributed by atoms with E-state index >= 15 is 0 Å². The van der Waals surface area contributed by atoms with Crippen molar-refractivity contribution < 1.29 is 8.78 Å². The van der Waals surface area contributed by atoms with Crippen molar-refractivity contribution in [2.75, 3.05) is 6.54 Å². The van der Waals surface area contributed by atoms with Gasteiger partial charge in [-0.2, -0.15) is 5.26 Å². The van der Waals surface area contributed by atoms with E-state index in [1.165, 1.54) is 18.2 Å². The van der Waals surface area contributed by atoms with Crippen LogP contribution in [0.3, 0.4) is 0 Å². The fourth-order valence-corrected chi connectivity index (χ4v) is 1.95. The normalized spacial score (nSPS) is 9.22. The van der Waals surface area contributed by atoms with E-state index < -0.39 is 5.82 Å². The molecular weight excluding hydrogens is 365 g/mol. The van der Waals surface area contributed by atoms with Gasteiger partial charge in [0.1, 0.15) is 11.6 Å². The first kappa shape index (κ1) is 21.6. The maximum absolute atomic E-state index is 12.9. The van der Waals surface area contributed by atoms with Crippen LogP contribution in [0.2, 0.25) is 10.0 Å². The van der Waals surface area contributed by atoms with Crippen LogP contribution in [-0.4, -0.2) is 6.54 Å². The molecule has 2 rings (SSSR count). The highest BCUT2D eigenvalue weighted by molar-refractivity contribution is 6.30. The van der Waals surface area contributed by atoms with Gasteiger partial charge < -0.3 is 5.73 Å². The summed E-state index contributed by atoms with van der Waals surface area (Å²) in [6.45, 7) is 0.457. The van der Waals surface area contributed by atoms with Gasteiger partial charge in [0.05, 0.1) is 12.5 Å². The van der Waals surface area contributed by atoms with Crippen LogP contribution in [0.5, 0.6) is 0 Å². The molecule has 0 radical (unpaired) electrons. The second-order valence-corrected chi connectivity index (χ2v) is 5.22. The van der Waals surface area contributed by atoms with Gasteiger partial charge in [-0.1, -0.05) is 35.3 Å². The van der Waals surface area contributed by atoms with Crippen LogP contribution < -0.4 is 5.73 Å². The van der Waals surface area contributed by atoms with Crippen LogP contribution in [0.1, 0.15) is 11.1 Å². The third-order valence-corrected chi connectivity index (χ3v) is 3.18. The molecule has 0 saturated heterocycles. The standard InChI is InChI=1S/C8H9ClFN.C8H5ClFN.ClH/c2*9-7-2-1-6(3-4-11)8(10)5-7;/h1-2,5H,3-4,11H2;1-2,5H,3H2;1H. The molecule has 0 bridgehead atoms. The molecular formula is C16H15Cl3F2N2. The monoisotopic (exact) mass is 378 g/mol. The van der Waals surface area contributed by atoms with Crippen molar-refractivity contribution in [3.05, 3.63) is 69.2 Å². The number of hydrogen-bond acceptors (Lipinski definition) is 2. The number of halogens is 5. The van der Waals surface area contributed by atoms with Gasteiger partial charge in [-0.05, 0) is 42.8 Å². The predicted octanol–water partition coefficient (Wildman–Crippen LogP) is 4.95. The van der Waals surface area contributed by atoms with Crippen LogP contribution in [0.4, 0.5) is 8.78 Å². The number of hydrogen-bond donors (Lipinski definition) is 1. The Hall–Kier alpha value is -1.38. The summed E-state index contributed by atoms with van der Waals surface area (Å²) >= 11 is 11.0. The van der Waals surface area contributed by atoms with E-state index in [4.69, 9.17) is 34.2 Å². The summed E-state index contributed by atoms with van der Waals surface area (Å²) in [4.78, 5) is 0. The summed E-state index contributed by atoms with van der Waals surface area (Å²) in [5.74, 6) is -0.693. The fourth-order valence-electron chi connectivity index (χ4n) is 1.63. The van der Waals surface area contributed by atoms with Gasteiger partial charge in [-0.3, -0.25) is 0 Å². The molecule has 124 valence electrons. The zero-order valence-electron chi connectivity index (χ0n) is 12.0. The third-order valence-electron chi connectivity index (χ3n) is 2.71. The van der Waals surface area contributed by atoms with Crippen molar-refractivity contribution >= 4 is 35.6 Å². The molecule has 0 fully saturated rings. The third kappa shape index (κ3) is 7.62. The van der Waals surface area contributed by atoms with Crippen LogP contribution in [-0.2, 0) is 12.8 Å². The Labute approximate surface area is 150 Å². The molecule has 0 aliphatic rings. The molecule has 2 N–H and O–H groups in total. The molecule has 0 aliphatic carbocycles. The first-order chi connectivity index (χ1) is 10.5. The summed E-state index contributed by atoms with van der Waals surface area (Å²) in [6.07, 6.45) is 0.645. The lowest BCUT2D eigenvalue weighted by molar-refractivity contribution is 0.609. The van der Waals surface area contributed by atoms with Crippen molar-refractivity contribution in [2.24, 2.45) is 5.73 Å². The van der Waals surface area contributed by atoms with Crippen LogP contribution in [0, 0.1) is 23.0 Å². The molecule has 2 aromatic rings. The van der Waals surface area contributed by atoms with E-state index in [1.54, 1.807) is 18.2 Å². The van der Waals surface area contributed by atoms with E-state index in [2.05, 4.69) is 0 Å². The van der Waals surface area contributed by atoms with Crippen LogP contribution in [0.25, 0.3) is 0 Å². The minimum atomic E-state index is -0.418. The molecule has 2 aromatic carbocycles. The average Bonchev–Trinajstić information content (AvgIpc) is 2.46. The first-order valence-electron chi connectivity index (χ1n) is 6.42. The molecule has 0 aromatic heterocycles. The highest BCUT2D eigenvalue weighted by Crippen LogP contribution is 2.15. The SMILES string of the molecule is Cl.N#CCc1ccc(Cl)cc1F.NCCc1ccc(Cl)cc1F. The lowest BCUT2D eigenvalue weighted by Crippen LogP contribution is -2.04.